The maximum atomic E-state index is 11.7. The van der Waals surface area contributed by atoms with Gasteiger partial charge in [-0.25, -0.2) is 4.79 Å². The van der Waals surface area contributed by atoms with Crippen LogP contribution in [0, 0.1) is 11.3 Å². The van der Waals surface area contributed by atoms with Gasteiger partial charge in [-0.2, -0.15) is 10.3 Å². The normalized spacial score (nSPS) is 14.0. The molecule has 0 aliphatic heterocycles. The van der Waals surface area contributed by atoms with Crippen LogP contribution >= 0.6 is 0 Å². The molecule has 0 radical (unpaired) electrons. The molecule has 0 aliphatic rings. The minimum absolute atomic E-state index is 0.194. The van der Waals surface area contributed by atoms with Crippen LogP contribution in [-0.2, 0) is 11.3 Å². The first kappa shape index (κ1) is 18.0. The van der Waals surface area contributed by atoms with Gasteiger partial charge in [0.05, 0.1) is 18.7 Å². The number of hydrogen-bond donors (Lipinski definition) is 2. The summed E-state index contributed by atoms with van der Waals surface area (Å²) in [7, 11) is 0. The molecule has 120 valence electrons. The first-order chi connectivity index (χ1) is 10.2. The van der Waals surface area contributed by atoms with Crippen molar-refractivity contribution in [2.24, 2.45) is 0 Å². The molecule has 1 aromatic carbocycles. The van der Waals surface area contributed by atoms with Crippen LogP contribution in [0.25, 0.3) is 0 Å². The van der Waals surface area contributed by atoms with Gasteiger partial charge in [-0.1, -0.05) is 30.3 Å². The molecule has 1 aromatic rings. The number of nitrogens with one attached hydrogen (secondary N) is 1. The summed E-state index contributed by atoms with van der Waals surface area (Å²) in [6.45, 7) is 7.11. The van der Waals surface area contributed by atoms with E-state index in [1.165, 1.54) is 0 Å². The monoisotopic (exact) mass is 305 g/mol. The van der Waals surface area contributed by atoms with Gasteiger partial charge in [0.1, 0.15) is 11.6 Å². The van der Waals surface area contributed by atoms with Crippen LogP contribution in [0.1, 0.15) is 33.3 Å². The van der Waals surface area contributed by atoms with E-state index in [0.717, 1.165) is 10.6 Å². The lowest BCUT2D eigenvalue weighted by Crippen LogP contribution is -2.49. The molecule has 0 bridgehead atoms. The lowest BCUT2D eigenvalue weighted by Gasteiger charge is -2.27. The van der Waals surface area contributed by atoms with Crippen molar-refractivity contribution in [2.45, 2.75) is 51.9 Å². The van der Waals surface area contributed by atoms with Crippen molar-refractivity contribution in [1.29, 1.82) is 5.26 Å². The minimum Gasteiger partial charge on any atom is -0.444 e. The lowest BCUT2D eigenvalue weighted by atomic mass is 10.1. The van der Waals surface area contributed by atoms with Gasteiger partial charge in [0.25, 0.3) is 0 Å². The predicted molar refractivity (Wildman–Crippen MR) is 82.0 cm³/mol. The largest absolute Gasteiger partial charge is 0.444 e. The molecular formula is C16H23N3O3. The fraction of sp³-hybridized carbons (Fsp3) is 0.500. The van der Waals surface area contributed by atoms with Crippen LogP contribution in [0.2, 0.25) is 0 Å². The Morgan fingerprint density at radius 2 is 2.00 bits per heavy atom. The molecule has 0 saturated carbocycles. The van der Waals surface area contributed by atoms with Gasteiger partial charge in [-0.3, -0.25) is 0 Å². The summed E-state index contributed by atoms with van der Waals surface area (Å²) in [5.41, 5.74) is 0.254. The van der Waals surface area contributed by atoms with Gasteiger partial charge < -0.3 is 15.3 Å². The highest BCUT2D eigenvalue weighted by Crippen LogP contribution is 2.10. The van der Waals surface area contributed by atoms with Crippen molar-refractivity contribution in [3.63, 3.8) is 0 Å². The molecule has 6 nitrogen and oxygen atoms in total. The summed E-state index contributed by atoms with van der Waals surface area (Å²) in [5, 5.41) is 22.8. The maximum absolute atomic E-state index is 11.7. The minimum atomic E-state index is -0.882. The van der Waals surface area contributed by atoms with Crippen molar-refractivity contribution in [3.8, 4) is 6.07 Å². The summed E-state index contributed by atoms with van der Waals surface area (Å²) >= 11 is 0. The third kappa shape index (κ3) is 6.12. The number of ether oxygens (including phenoxy) is 1. The van der Waals surface area contributed by atoms with E-state index in [1.54, 1.807) is 27.7 Å². The predicted octanol–water partition coefficient (Wildman–Crippen LogP) is 2.68. The third-order valence-electron chi connectivity index (χ3n) is 2.86. The van der Waals surface area contributed by atoms with Gasteiger partial charge in [0.15, 0.2) is 0 Å². The quantitative estimate of drug-likeness (QED) is 0.817. The Morgan fingerprint density at radius 1 is 1.41 bits per heavy atom. The topological polar surface area (TPSA) is 85.6 Å². The van der Waals surface area contributed by atoms with Crippen molar-refractivity contribution in [2.75, 3.05) is 0 Å². The summed E-state index contributed by atoms with van der Waals surface area (Å²) < 4.78 is 5.14. The fourth-order valence-corrected chi connectivity index (χ4v) is 1.88. The van der Waals surface area contributed by atoms with Crippen LogP contribution in [0.5, 0.6) is 0 Å². The van der Waals surface area contributed by atoms with E-state index in [2.05, 4.69) is 5.32 Å². The van der Waals surface area contributed by atoms with Crippen LogP contribution in [0.15, 0.2) is 30.3 Å². The number of carbonyl (C=O) groups excluding carboxylic acids is 1. The molecule has 1 rings (SSSR count). The number of alkyl carbamates (subject to hydrolysis) is 1. The van der Waals surface area contributed by atoms with Crippen molar-refractivity contribution < 1.29 is 14.7 Å². The molecule has 0 fully saturated rings. The number of hydrogen-bond acceptors (Lipinski definition) is 5. The van der Waals surface area contributed by atoms with E-state index >= 15 is 0 Å². The highest BCUT2D eigenvalue weighted by atomic mass is 16.6. The Bertz CT molecular complexity index is 520. The van der Waals surface area contributed by atoms with Gasteiger partial charge in [-0.05, 0) is 33.3 Å². The number of carbonyl (C=O) groups is 1. The Hall–Kier alpha value is -2.10. The summed E-state index contributed by atoms with van der Waals surface area (Å²) in [6, 6.07) is 9.81. The molecule has 1 amide bonds. The molecule has 2 N–H and O–H groups in total. The first-order valence-corrected chi connectivity index (χ1v) is 7.11. The summed E-state index contributed by atoms with van der Waals surface area (Å²) in [5.74, 6) is 0. The van der Waals surface area contributed by atoms with Gasteiger partial charge in [-0.15, -0.1) is 0 Å². The highest BCUT2D eigenvalue weighted by molar-refractivity contribution is 5.68. The van der Waals surface area contributed by atoms with Gasteiger partial charge >= 0.3 is 6.09 Å². The molecule has 6 heteroatoms. The number of nitrogens with zero attached hydrogens (tertiary/aromatic N) is 2. The van der Waals surface area contributed by atoms with Crippen LogP contribution < -0.4 is 5.32 Å². The van der Waals surface area contributed by atoms with E-state index < -0.39 is 23.8 Å². The number of rotatable bonds is 5. The number of amides is 1. The second-order valence-electron chi connectivity index (χ2n) is 6.09. The Kier molecular flexibility index (Phi) is 6.35. The SMILES string of the molecule is C[C@H](NC(=O)OC(C)(C)C)[C@H](C#N)N(O)Cc1ccccc1. The molecule has 0 spiro atoms. The van der Waals surface area contributed by atoms with Gasteiger partial charge in [0, 0.05) is 0 Å². The molecule has 0 aliphatic carbocycles. The maximum Gasteiger partial charge on any atom is 0.407 e. The van der Waals surface area contributed by atoms with Crippen molar-refractivity contribution >= 4 is 6.09 Å². The van der Waals surface area contributed by atoms with E-state index in [0.29, 0.717) is 0 Å². The summed E-state index contributed by atoms with van der Waals surface area (Å²) in [4.78, 5) is 11.7. The number of hydroxylamine groups is 2. The molecular weight excluding hydrogens is 282 g/mol. The van der Waals surface area contributed by atoms with Crippen molar-refractivity contribution in [3.05, 3.63) is 35.9 Å². The average molecular weight is 305 g/mol. The standard InChI is InChI=1S/C16H23N3O3/c1-12(18-15(20)22-16(2,3)4)14(10-17)19(21)11-13-8-6-5-7-9-13/h5-9,12,14,21H,11H2,1-4H3,(H,18,20)/t12-,14-/m0/s1. The van der Waals surface area contributed by atoms with Gasteiger partial charge in [0.2, 0.25) is 0 Å². The van der Waals surface area contributed by atoms with E-state index in [4.69, 9.17) is 4.74 Å². The van der Waals surface area contributed by atoms with E-state index in [9.17, 15) is 15.3 Å². The van der Waals surface area contributed by atoms with E-state index in [-0.39, 0.29) is 6.54 Å². The average Bonchev–Trinajstić information content (AvgIpc) is 2.38. The zero-order chi connectivity index (χ0) is 16.8. The smallest absolute Gasteiger partial charge is 0.407 e. The molecule has 22 heavy (non-hydrogen) atoms. The zero-order valence-electron chi connectivity index (χ0n) is 13.4. The van der Waals surface area contributed by atoms with Crippen LogP contribution in [0.4, 0.5) is 4.79 Å². The molecule has 0 aromatic heterocycles. The summed E-state index contributed by atoms with van der Waals surface area (Å²) in [6.07, 6.45) is -0.617. The number of benzene rings is 1. The first-order valence-electron chi connectivity index (χ1n) is 7.11. The van der Waals surface area contributed by atoms with Crippen molar-refractivity contribution in [1.82, 2.24) is 10.4 Å². The fourth-order valence-electron chi connectivity index (χ4n) is 1.88. The second-order valence-corrected chi connectivity index (χ2v) is 6.09. The molecule has 0 unspecified atom stereocenters. The van der Waals surface area contributed by atoms with Crippen LogP contribution in [-0.4, -0.2) is 34.0 Å². The zero-order valence-corrected chi connectivity index (χ0v) is 13.4. The Labute approximate surface area is 131 Å². The third-order valence-corrected chi connectivity index (χ3v) is 2.86. The highest BCUT2D eigenvalue weighted by Gasteiger charge is 2.26. The second kappa shape index (κ2) is 7.78. The lowest BCUT2D eigenvalue weighted by molar-refractivity contribution is -0.126. The molecule has 0 saturated heterocycles. The van der Waals surface area contributed by atoms with Crippen LogP contribution in [0.3, 0.4) is 0 Å². The Morgan fingerprint density at radius 3 is 2.50 bits per heavy atom. The Balaban J connectivity index is 2.62. The molecule has 2 atom stereocenters. The van der Waals surface area contributed by atoms with E-state index in [1.807, 2.05) is 36.4 Å². The molecule has 0 heterocycles. The number of nitriles is 1.